The van der Waals surface area contributed by atoms with Crippen molar-refractivity contribution in [1.82, 2.24) is 4.90 Å². The first-order valence-corrected chi connectivity index (χ1v) is 11.9. The molecule has 2 saturated heterocycles. The van der Waals surface area contributed by atoms with Gasteiger partial charge in [-0.2, -0.15) is 11.8 Å². The van der Waals surface area contributed by atoms with Crippen LogP contribution in [0.2, 0.25) is 0 Å². The van der Waals surface area contributed by atoms with Crippen molar-refractivity contribution in [2.24, 2.45) is 5.92 Å². The average Bonchev–Trinajstić information content (AvgIpc) is 2.79. The Labute approximate surface area is 177 Å². The molecule has 1 amide bonds. The molecule has 0 bridgehead atoms. The fourth-order valence-electron chi connectivity index (χ4n) is 5.05. The summed E-state index contributed by atoms with van der Waals surface area (Å²) in [4.78, 5) is 20.7. The van der Waals surface area contributed by atoms with Crippen LogP contribution >= 0.6 is 11.8 Å². The molecule has 4 nitrogen and oxygen atoms in total. The van der Waals surface area contributed by atoms with Crippen molar-refractivity contribution < 1.29 is 4.79 Å². The fraction of sp³-hybridized carbons (Fsp3) is 0.458. The maximum absolute atomic E-state index is 13.6. The van der Waals surface area contributed by atoms with E-state index in [1.807, 2.05) is 11.8 Å². The number of piperazine rings is 1. The van der Waals surface area contributed by atoms with E-state index in [1.165, 1.54) is 22.5 Å². The summed E-state index contributed by atoms with van der Waals surface area (Å²) < 4.78 is 0. The van der Waals surface area contributed by atoms with Crippen LogP contribution in [0.5, 0.6) is 0 Å². The first-order valence-electron chi connectivity index (χ1n) is 10.7. The number of thioether (sulfide) groups is 1. The van der Waals surface area contributed by atoms with Crippen molar-refractivity contribution in [2.75, 3.05) is 54.0 Å². The van der Waals surface area contributed by atoms with Crippen molar-refractivity contribution in [2.45, 2.75) is 19.4 Å². The van der Waals surface area contributed by atoms with E-state index in [9.17, 15) is 4.79 Å². The Hall–Kier alpha value is -2.14. The smallest absolute Gasteiger partial charge is 0.228 e. The summed E-state index contributed by atoms with van der Waals surface area (Å²) in [6.45, 7) is 6.80. The Bertz CT molecular complexity index is 878. The number of carbonyl (C=O) groups excluding carboxylic acids is 1. The van der Waals surface area contributed by atoms with E-state index in [4.69, 9.17) is 0 Å². The average molecular weight is 408 g/mol. The zero-order valence-corrected chi connectivity index (χ0v) is 17.9. The zero-order valence-electron chi connectivity index (χ0n) is 17.1. The Morgan fingerprint density at radius 2 is 1.72 bits per heavy atom. The minimum absolute atomic E-state index is 0.0428. The SMILES string of the molecule is Cc1ccc(N2CCN3c4ccccc4CC(C(=O)N4CCSCC4)C3C2)cc1. The van der Waals surface area contributed by atoms with Crippen LogP contribution < -0.4 is 9.80 Å². The number of nitrogens with zero attached hydrogens (tertiary/aromatic N) is 3. The minimum atomic E-state index is 0.0428. The monoisotopic (exact) mass is 407 g/mol. The number of para-hydroxylation sites is 1. The molecule has 152 valence electrons. The number of hydrogen-bond donors (Lipinski definition) is 0. The molecule has 0 saturated carbocycles. The van der Waals surface area contributed by atoms with Gasteiger partial charge in [0, 0.05) is 55.6 Å². The normalized spacial score (nSPS) is 24.1. The van der Waals surface area contributed by atoms with Crippen molar-refractivity contribution in [3.8, 4) is 0 Å². The number of amides is 1. The molecule has 5 rings (SSSR count). The largest absolute Gasteiger partial charge is 0.368 e. The Kier molecular flexibility index (Phi) is 5.17. The second-order valence-electron chi connectivity index (χ2n) is 8.42. The highest BCUT2D eigenvalue weighted by Gasteiger charge is 2.43. The maximum Gasteiger partial charge on any atom is 0.228 e. The quantitative estimate of drug-likeness (QED) is 0.762. The highest BCUT2D eigenvalue weighted by molar-refractivity contribution is 7.99. The van der Waals surface area contributed by atoms with Gasteiger partial charge in [-0.05, 0) is 37.1 Å². The van der Waals surface area contributed by atoms with Gasteiger partial charge in [-0.15, -0.1) is 0 Å². The van der Waals surface area contributed by atoms with Gasteiger partial charge in [-0.1, -0.05) is 35.9 Å². The molecule has 5 heteroatoms. The van der Waals surface area contributed by atoms with Gasteiger partial charge >= 0.3 is 0 Å². The highest BCUT2D eigenvalue weighted by Crippen LogP contribution is 2.37. The third-order valence-electron chi connectivity index (χ3n) is 6.66. The standard InChI is InChI=1S/C24H29N3OS/c1-18-6-8-20(9-7-18)26-10-11-27-22-5-3-2-4-19(22)16-21(23(27)17-26)24(28)25-12-14-29-15-13-25/h2-9,21,23H,10-17H2,1H3. The van der Waals surface area contributed by atoms with Crippen molar-refractivity contribution in [3.63, 3.8) is 0 Å². The predicted octanol–water partition coefficient (Wildman–Crippen LogP) is 3.44. The third-order valence-corrected chi connectivity index (χ3v) is 7.61. The summed E-state index contributed by atoms with van der Waals surface area (Å²) in [6.07, 6.45) is 0.863. The summed E-state index contributed by atoms with van der Waals surface area (Å²) in [6, 6.07) is 17.7. The molecule has 2 atom stereocenters. The molecule has 3 aliphatic heterocycles. The van der Waals surface area contributed by atoms with E-state index in [0.717, 1.165) is 50.7 Å². The first-order chi connectivity index (χ1) is 14.2. The molecule has 0 N–H and O–H groups in total. The number of fused-ring (bicyclic) bond motifs is 3. The summed E-state index contributed by atoms with van der Waals surface area (Å²) in [7, 11) is 0. The van der Waals surface area contributed by atoms with Crippen LogP contribution in [0.15, 0.2) is 48.5 Å². The summed E-state index contributed by atoms with van der Waals surface area (Å²) >= 11 is 1.96. The summed E-state index contributed by atoms with van der Waals surface area (Å²) in [5.74, 6) is 2.54. The number of hydrogen-bond acceptors (Lipinski definition) is 4. The fourth-order valence-corrected chi connectivity index (χ4v) is 5.95. The van der Waals surface area contributed by atoms with Gasteiger partial charge in [-0.25, -0.2) is 0 Å². The van der Waals surface area contributed by atoms with E-state index in [0.29, 0.717) is 5.91 Å². The number of benzene rings is 2. The van der Waals surface area contributed by atoms with Crippen LogP contribution in [-0.2, 0) is 11.2 Å². The molecule has 2 aromatic rings. The van der Waals surface area contributed by atoms with Gasteiger partial charge in [0.05, 0.1) is 12.0 Å². The van der Waals surface area contributed by atoms with Gasteiger partial charge in [0.2, 0.25) is 5.91 Å². The lowest BCUT2D eigenvalue weighted by molar-refractivity contribution is -0.136. The summed E-state index contributed by atoms with van der Waals surface area (Å²) in [5.41, 5.74) is 5.22. The van der Waals surface area contributed by atoms with Crippen molar-refractivity contribution in [3.05, 3.63) is 59.7 Å². The molecule has 29 heavy (non-hydrogen) atoms. The second kappa shape index (κ2) is 7.94. The molecule has 2 aromatic carbocycles. The first kappa shape index (κ1) is 18.9. The molecule has 0 aliphatic carbocycles. The Balaban J connectivity index is 1.45. The lowest BCUT2D eigenvalue weighted by Gasteiger charge is -2.50. The number of anilines is 2. The van der Waals surface area contributed by atoms with Gasteiger partial charge < -0.3 is 14.7 Å². The highest BCUT2D eigenvalue weighted by atomic mass is 32.2. The Morgan fingerprint density at radius 1 is 0.966 bits per heavy atom. The third kappa shape index (κ3) is 3.61. The zero-order chi connectivity index (χ0) is 19.8. The van der Waals surface area contributed by atoms with Crippen LogP contribution in [-0.4, -0.2) is 61.1 Å². The predicted molar refractivity (Wildman–Crippen MR) is 122 cm³/mol. The molecule has 3 aliphatic rings. The maximum atomic E-state index is 13.6. The van der Waals surface area contributed by atoms with Crippen molar-refractivity contribution in [1.29, 1.82) is 0 Å². The molecular formula is C24H29N3OS. The van der Waals surface area contributed by atoms with Crippen molar-refractivity contribution >= 4 is 29.0 Å². The van der Waals surface area contributed by atoms with Crippen LogP contribution in [0.3, 0.4) is 0 Å². The number of aryl methyl sites for hydroxylation is 1. The second-order valence-corrected chi connectivity index (χ2v) is 9.64. The van der Waals surface area contributed by atoms with Gasteiger partial charge in [0.25, 0.3) is 0 Å². The minimum Gasteiger partial charge on any atom is -0.368 e. The molecule has 2 unspecified atom stereocenters. The molecule has 0 radical (unpaired) electrons. The number of carbonyl (C=O) groups is 1. The van der Waals surface area contributed by atoms with E-state index in [1.54, 1.807) is 0 Å². The topological polar surface area (TPSA) is 26.8 Å². The van der Waals surface area contributed by atoms with E-state index in [2.05, 4.69) is 70.2 Å². The van der Waals surface area contributed by atoms with Gasteiger partial charge in [0.15, 0.2) is 0 Å². The van der Waals surface area contributed by atoms with Crippen LogP contribution in [0, 0.1) is 12.8 Å². The molecule has 3 heterocycles. The molecule has 0 spiro atoms. The molecular weight excluding hydrogens is 378 g/mol. The van der Waals surface area contributed by atoms with E-state index >= 15 is 0 Å². The summed E-state index contributed by atoms with van der Waals surface area (Å²) in [5, 5.41) is 0. The number of rotatable bonds is 2. The van der Waals surface area contributed by atoms with Crippen LogP contribution in [0.1, 0.15) is 11.1 Å². The van der Waals surface area contributed by atoms with E-state index in [-0.39, 0.29) is 12.0 Å². The van der Waals surface area contributed by atoms with Crippen LogP contribution in [0.25, 0.3) is 0 Å². The molecule has 2 fully saturated rings. The van der Waals surface area contributed by atoms with Gasteiger partial charge in [-0.3, -0.25) is 4.79 Å². The van der Waals surface area contributed by atoms with E-state index < -0.39 is 0 Å². The lowest BCUT2D eigenvalue weighted by Crippen LogP contribution is -2.62. The van der Waals surface area contributed by atoms with Gasteiger partial charge in [0.1, 0.15) is 0 Å². The van der Waals surface area contributed by atoms with Crippen LogP contribution in [0.4, 0.5) is 11.4 Å². The lowest BCUT2D eigenvalue weighted by atomic mass is 9.83. The molecule has 0 aromatic heterocycles. The Morgan fingerprint density at radius 3 is 2.52 bits per heavy atom.